The Bertz CT molecular complexity index is 2690. The number of hydrogen-bond acceptors (Lipinski definition) is 8. The van der Waals surface area contributed by atoms with Gasteiger partial charge in [0, 0.05) is 76.0 Å². The number of nitrogens with zero attached hydrogens (tertiary/aromatic N) is 2. The van der Waals surface area contributed by atoms with Crippen LogP contribution in [0.1, 0.15) is 94.6 Å². The molecule has 2 heterocycles. The van der Waals surface area contributed by atoms with E-state index in [-0.39, 0.29) is 24.1 Å². The summed E-state index contributed by atoms with van der Waals surface area (Å²) in [6.45, 7) is 24.9. The third-order valence-electron chi connectivity index (χ3n) is 10.4. The second-order valence-electron chi connectivity index (χ2n) is 18.3. The number of hydrogen-bond donors (Lipinski definition) is 2. The van der Waals surface area contributed by atoms with Gasteiger partial charge in [-0.25, -0.2) is 19.2 Å². The van der Waals surface area contributed by atoms with Crippen LogP contribution in [0.2, 0.25) is 0 Å². The summed E-state index contributed by atoms with van der Waals surface area (Å²) in [5.74, 6) is -0.736. The lowest BCUT2D eigenvalue weighted by molar-refractivity contribution is -0.138. The van der Waals surface area contributed by atoms with Crippen molar-refractivity contribution >= 4 is 67.9 Å². The van der Waals surface area contributed by atoms with Crippen molar-refractivity contribution < 1.29 is 38.1 Å². The maximum atomic E-state index is 13.1. The highest BCUT2D eigenvalue weighted by atomic mass is 79.9. The monoisotopic (exact) mass is 1000 g/mol. The third-order valence-corrected chi connectivity index (χ3v) is 10.9. The largest absolute Gasteiger partial charge is 0.463 e. The summed E-state index contributed by atoms with van der Waals surface area (Å²) in [7, 11) is 0. The summed E-state index contributed by atoms with van der Waals surface area (Å²) in [6.07, 6.45) is 5.11. The first kappa shape index (κ1) is 55.0. The van der Waals surface area contributed by atoms with Crippen molar-refractivity contribution in [3.8, 4) is 0 Å². The number of rotatable bonds is 15. The normalized spacial score (nSPS) is 11.2. The van der Waals surface area contributed by atoms with E-state index in [0.29, 0.717) is 45.8 Å². The molecule has 0 atom stereocenters. The van der Waals surface area contributed by atoms with Gasteiger partial charge >= 0.3 is 24.1 Å². The minimum Gasteiger partial charge on any atom is -0.463 e. The minimum absolute atomic E-state index is 0.287. The Morgan fingerprint density at radius 1 is 0.623 bits per heavy atom. The minimum atomic E-state index is -0.587. The zero-order valence-electron chi connectivity index (χ0n) is 41.9. The van der Waals surface area contributed by atoms with Gasteiger partial charge in [-0.05, 0) is 146 Å². The first-order valence-electron chi connectivity index (χ1n) is 23.3. The molecule has 2 amide bonds. The second kappa shape index (κ2) is 26.2. The molecule has 6 aromatic rings. The van der Waals surface area contributed by atoms with Gasteiger partial charge in [0.05, 0.1) is 13.2 Å². The molecular formula is C56H69BrN4O8. The molecule has 12 nitrogen and oxygen atoms in total. The number of carbonyl (C=O) groups excluding carboxylic acids is 4. The summed E-state index contributed by atoms with van der Waals surface area (Å²) in [4.78, 5) is 58.0. The van der Waals surface area contributed by atoms with Crippen LogP contribution >= 0.6 is 15.9 Å². The fourth-order valence-corrected chi connectivity index (χ4v) is 7.80. The molecule has 368 valence electrons. The van der Waals surface area contributed by atoms with Crippen molar-refractivity contribution in [3.05, 3.63) is 159 Å². The molecule has 0 spiro atoms. The van der Waals surface area contributed by atoms with E-state index in [0.717, 1.165) is 56.1 Å². The van der Waals surface area contributed by atoms with Gasteiger partial charge in [-0.1, -0.05) is 89.2 Å². The van der Waals surface area contributed by atoms with E-state index < -0.39 is 11.2 Å². The van der Waals surface area contributed by atoms with Gasteiger partial charge in [-0.3, -0.25) is 0 Å². The standard InChI is InChI=1S/C28H34N2O4.C23H27BrN2O2.C5H8O2/c1-6-33-26(31)15-14-21-10-9-11-22(18-21)19-30(27(32)34-28(3,4)5)17-16-23-20(2)29-25-13-8-7-12-24(23)25;1-16-19(20-10-5-6-11-21(20)25-16)12-13-26(22(27)28-23(2,3)4)15-17-8-7-9-18(24)14-17;1-3-5(6)7-4-2/h7-15,18,29H,6,16-17,19H2,1-5H3;5-11,14,25H,12-13,15H2,1-4H3;3H,1,4H2,2H3/b15-14+;;. The molecule has 0 aliphatic heterocycles. The lowest BCUT2D eigenvalue weighted by Crippen LogP contribution is -2.37. The number of aromatic amines is 2. The Balaban J connectivity index is 0.000000267. The molecule has 69 heavy (non-hydrogen) atoms. The predicted molar refractivity (Wildman–Crippen MR) is 280 cm³/mol. The molecule has 0 saturated carbocycles. The molecule has 0 bridgehead atoms. The highest BCUT2D eigenvalue weighted by molar-refractivity contribution is 9.10. The molecule has 2 aromatic heterocycles. The van der Waals surface area contributed by atoms with Crippen LogP contribution in [0.3, 0.4) is 0 Å². The van der Waals surface area contributed by atoms with Crippen molar-refractivity contribution in [2.75, 3.05) is 26.3 Å². The van der Waals surface area contributed by atoms with E-state index in [1.807, 2.05) is 114 Å². The van der Waals surface area contributed by atoms with Crippen LogP contribution in [-0.2, 0) is 54.5 Å². The fourth-order valence-electron chi connectivity index (χ4n) is 7.36. The van der Waals surface area contributed by atoms with E-state index >= 15 is 0 Å². The fraction of sp³-hybridized carbons (Fsp3) is 0.357. The Kier molecular flexibility index (Phi) is 20.9. The maximum absolute atomic E-state index is 13.1. The van der Waals surface area contributed by atoms with Gasteiger partial charge < -0.3 is 38.7 Å². The maximum Gasteiger partial charge on any atom is 0.410 e. The average molecular weight is 1010 g/mol. The van der Waals surface area contributed by atoms with E-state index in [9.17, 15) is 19.2 Å². The van der Waals surface area contributed by atoms with Gasteiger partial charge in [0.1, 0.15) is 11.2 Å². The number of carbonyl (C=O) groups is 4. The smallest absolute Gasteiger partial charge is 0.410 e. The number of H-pyrrole nitrogens is 2. The van der Waals surface area contributed by atoms with Crippen LogP contribution in [0.25, 0.3) is 27.9 Å². The van der Waals surface area contributed by atoms with Crippen molar-refractivity contribution in [1.82, 2.24) is 19.8 Å². The van der Waals surface area contributed by atoms with Gasteiger partial charge in [-0.2, -0.15) is 0 Å². The molecule has 0 aliphatic carbocycles. The number of fused-ring (bicyclic) bond motifs is 2. The molecule has 6 rings (SSSR count). The molecule has 0 saturated heterocycles. The van der Waals surface area contributed by atoms with E-state index in [4.69, 9.17) is 14.2 Å². The van der Waals surface area contributed by atoms with Crippen LogP contribution in [0.5, 0.6) is 0 Å². The van der Waals surface area contributed by atoms with Crippen molar-refractivity contribution in [3.63, 3.8) is 0 Å². The van der Waals surface area contributed by atoms with Gasteiger partial charge in [-0.15, -0.1) is 0 Å². The first-order valence-corrected chi connectivity index (χ1v) is 24.0. The number of esters is 2. The van der Waals surface area contributed by atoms with Crippen LogP contribution in [0, 0.1) is 13.8 Å². The molecule has 0 aliphatic rings. The summed E-state index contributed by atoms with van der Waals surface area (Å²) >= 11 is 3.51. The lowest BCUT2D eigenvalue weighted by Gasteiger charge is -2.27. The lowest BCUT2D eigenvalue weighted by atomic mass is 10.1. The third kappa shape index (κ3) is 18.4. The van der Waals surface area contributed by atoms with Crippen LogP contribution in [0.15, 0.2) is 120 Å². The number of nitrogens with one attached hydrogen (secondary N) is 2. The van der Waals surface area contributed by atoms with Crippen LogP contribution < -0.4 is 0 Å². The number of halogens is 1. The Morgan fingerprint density at radius 3 is 1.51 bits per heavy atom. The SMILES string of the molecule is C=CC(=O)OCC.CCOC(=O)/C=C/c1cccc(CN(CCc2c(C)[nH]c3ccccc23)C(=O)OC(C)(C)C)c1.Cc1[nH]c2ccccc2c1CCN(Cc1cccc(Br)c1)C(=O)OC(C)(C)C. The average Bonchev–Trinajstić information content (AvgIpc) is 3.79. The second-order valence-corrected chi connectivity index (χ2v) is 19.2. The van der Waals surface area contributed by atoms with Crippen LogP contribution in [-0.4, -0.2) is 81.4 Å². The topological polar surface area (TPSA) is 143 Å². The van der Waals surface area contributed by atoms with Gasteiger partial charge in [0.15, 0.2) is 0 Å². The molecule has 13 heteroatoms. The summed E-state index contributed by atoms with van der Waals surface area (Å²) < 4.78 is 21.7. The van der Waals surface area contributed by atoms with Crippen LogP contribution in [0.4, 0.5) is 9.59 Å². The van der Waals surface area contributed by atoms with E-state index in [1.165, 1.54) is 28.0 Å². The highest BCUT2D eigenvalue weighted by Crippen LogP contribution is 2.25. The predicted octanol–water partition coefficient (Wildman–Crippen LogP) is 13.0. The zero-order valence-corrected chi connectivity index (χ0v) is 43.5. The molecule has 0 unspecified atom stereocenters. The van der Waals surface area contributed by atoms with Crippen molar-refractivity contribution in [2.24, 2.45) is 0 Å². The number of amides is 2. The number of aromatic nitrogens is 2. The van der Waals surface area contributed by atoms with E-state index in [1.54, 1.807) is 29.7 Å². The number of para-hydroxylation sites is 2. The molecular weight excluding hydrogens is 937 g/mol. The van der Waals surface area contributed by atoms with E-state index in [2.05, 4.69) is 75.3 Å². The molecule has 2 N–H and O–H groups in total. The summed E-state index contributed by atoms with van der Waals surface area (Å²) in [5.41, 5.74) is 8.70. The number of ether oxygens (including phenoxy) is 4. The van der Waals surface area contributed by atoms with Crippen molar-refractivity contribution in [2.45, 2.75) is 106 Å². The van der Waals surface area contributed by atoms with Gasteiger partial charge in [0.25, 0.3) is 0 Å². The Hall–Kier alpha value is -6.60. The molecule has 0 fully saturated rings. The number of aryl methyl sites for hydroxylation is 2. The Morgan fingerprint density at radius 2 is 1.07 bits per heavy atom. The number of benzene rings is 4. The molecule has 4 aromatic carbocycles. The summed E-state index contributed by atoms with van der Waals surface area (Å²) in [6, 6.07) is 32.3. The van der Waals surface area contributed by atoms with Gasteiger partial charge in [0.2, 0.25) is 0 Å². The summed E-state index contributed by atoms with van der Waals surface area (Å²) in [5, 5.41) is 2.39. The Labute approximate surface area is 416 Å². The molecule has 0 radical (unpaired) electrons. The quantitative estimate of drug-likeness (QED) is 0.0588. The first-order chi connectivity index (χ1) is 32.7. The van der Waals surface area contributed by atoms with Crippen molar-refractivity contribution in [1.29, 1.82) is 0 Å². The zero-order chi connectivity index (χ0) is 50.7. The highest BCUT2D eigenvalue weighted by Gasteiger charge is 2.25.